The van der Waals surface area contributed by atoms with Crippen LogP contribution in [0.1, 0.15) is 12.5 Å². The van der Waals surface area contributed by atoms with E-state index in [-0.39, 0.29) is 24.4 Å². The van der Waals surface area contributed by atoms with Crippen molar-refractivity contribution in [3.05, 3.63) is 29.8 Å². The number of benzene rings is 1. The van der Waals surface area contributed by atoms with E-state index in [4.69, 9.17) is 9.84 Å². The van der Waals surface area contributed by atoms with E-state index in [2.05, 4.69) is 0 Å². The molecule has 1 aromatic rings. The first-order valence-electron chi connectivity index (χ1n) is 5.14. The van der Waals surface area contributed by atoms with Crippen LogP contribution in [0, 0.1) is 6.92 Å². The lowest BCUT2D eigenvalue weighted by atomic mass is 10.2. The Morgan fingerprint density at radius 2 is 2.06 bits per heavy atom. The zero-order valence-corrected chi connectivity index (χ0v) is 10.3. The molecule has 0 radical (unpaired) electrons. The lowest BCUT2D eigenvalue weighted by Gasteiger charge is -2.10. The van der Waals surface area contributed by atoms with Crippen molar-refractivity contribution in [2.75, 3.05) is 13.2 Å². The van der Waals surface area contributed by atoms with Crippen LogP contribution in [0.2, 0.25) is 0 Å². The van der Waals surface area contributed by atoms with Gasteiger partial charge in [-0.3, -0.25) is 4.79 Å². The number of aliphatic hydroxyl groups is 1. The second kappa shape index (κ2) is 6.55. The molecule has 0 heterocycles. The number of carbonyl (C=O) groups is 1. The van der Waals surface area contributed by atoms with Gasteiger partial charge in [-0.15, -0.1) is 11.8 Å². The lowest BCUT2D eigenvalue weighted by Crippen LogP contribution is -2.18. The summed E-state index contributed by atoms with van der Waals surface area (Å²) in [5, 5.41) is 8.28. The number of ether oxygens (including phenoxy) is 1. The number of esters is 1. The highest BCUT2D eigenvalue weighted by molar-refractivity contribution is 8.00. The molecule has 0 saturated carbocycles. The Labute approximate surface area is 99.8 Å². The van der Waals surface area contributed by atoms with E-state index >= 15 is 0 Å². The second-order valence-corrected chi connectivity index (χ2v) is 4.88. The zero-order chi connectivity index (χ0) is 12.0. The van der Waals surface area contributed by atoms with Gasteiger partial charge in [0.05, 0.1) is 6.61 Å². The maximum absolute atomic E-state index is 11.4. The van der Waals surface area contributed by atoms with Crippen LogP contribution < -0.4 is 0 Å². The van der Waals surface area contributed by atoms with Crippen molar-refractivity contribution in [1.29, 1.82) is 0 Å². The summed E-state index contributed by atoms with van der Waals surface area (Å²) in [4.78, 5) is 12.5. The molecule has 0 aromatic heterocycles. The molecule has 0 aliphatic rings. The van der Waals surface area contributed by atoms with Crippen LogP contribution in [0.15, 0.2) is 29.2 Å². The van der Waals surface area contributed by atoms with Gasteiger partial charge in [0.25, 0.3) is 0 Å². The minimum Gasteiger partial charge on any atom is -0.462 e. The van der Waals surface area contributed by atoms with Gasteiger partial charge in [0, 0.05) is 4.90 Å². The zero-order valence-electron chi connectivity index (χ0n) is 9.47. The van der Waals surface area contributed by atoms with Crippen molar-refractivity contribution in [3.8, 4) is 0 Å². The summed E-state index contributed by atoms with van der Waals surface area (Å²) < 4.78 is 4.84. The third-order valence-corrected chi connectivity index (χ3v) is 3.09. The van der Waals surface area contributed by atoms with Crippen molar-refractivity contribution in [2.24, 2.45) is 0 Å². The maximum atomic E-state index is 11.4. The number of hydrogen-bond donors (Lipinski definition) is 1. The van der Waals surface area contributed by atoms with E-state index in [1.54, 1.807) is 6.92 Å². The standard InChI is InChI=1S/C12H16O3S/c1-9-3-5-11(6-4-9)16-10(2)12(14)15-8-7-13/h3-6,10,13H,7-8H2,1-2H3. The Bertz CT molecular complexity index is 335. The molecule has 88 valence electrons. The van der Waals surface area contributed by atoms with E-state index in [1.807, 2.05) is 31.2 Å². The molecule has 0 saturated heterocycles. The quantitative estimate of drug-likeness (QED) is 0.631. The topological polar surface area (TPSA) is 46.5 Å². The van der Waals surface area contributed by atoms with Crippen molar-refractivity contribution in [1.82, 2.24) is 0 Å². The van der Waals surface area contributed by atoms with E-state index in [1.165, 1.54) is 17.3 Å². The largest absolute Gasteiger partial charge is 0.462 e. The normalized spacial score (nSPS) is 12.2. The van der Waals surface area contributed by atoms with Crippen LogP contribution in [0.25, 0.3) is 0 Å². The number of hydrogen-bond acceptors (Lipinski definition) is 4. The predicted octanol–water partition coefficient (Wildman–Crippen LogP) is 2.01. The average molecular weight is 240 g/mol. The van der Waals surface area contributed by atoms with Gasteiger partial charge >= 0.3 is 5.97 Å². The van der Waals surface area contributed by atoms with Crippen molar-refractivity contribution in [3.63, 3.8) is 0 Å². The summed E-state index contributed by atoms with van der Waals surface area (Å²) in [6.45, 7) is 3.75. The van der Waals surface area contributed by atoms with Crippen LogP contribution in [0.4, 0.5) is 0 Å². The van der Waals surface area contributed by atoms with Crippen molar-refractivity contribution >= 4 is 17.7 Å². The molecule has 0 amide bonds. The smallest absolute Gasteiger partial charge is 0.319 e. The first-order chi connectivity index (χ1) is 7.63. The molecular formula is C12H16O3S. The first-order valence-corrected chi connectivity index (χ1v) is 6.02. The van der Waals surface area contributed by atoms with Crippen LogP contribution >= 0.6 is 11.8 Å². The molecular weight excluding hydrogens is 224 g/mol. The van der Waals surface area contributed by atoms with E-state index in [0.29, 0.717) is 0 Å². The highest BCUT2D eigenvalue weighted by Crippen LogP contribution is 2.24. The Kier molecular flexibility index (Phi) is 5.35. The van der Waals surface area contributed by atoms with Gasteiger partial charge in [0.1, 0.15) is 11.9 Å². The van der Waals surface area contributed by atoms with Crippen LogP contribution in [-0.4, -0.2) is 29.5 Å². The van der Waals surface area contributed by atoms with E-state index < -0.39 is 0 Å². The minimum absolute atomic E-state index is 0.0671. The summed E-state index contributed by atoms with van der Waals surface area (Å²) in [7, 11) is 0. The Balaban J connectivity index is 2.47. The van der Waals surface area contributed by atoms with Crippen LogP contribution in [-0.2, 0) is 9.53 Å². The summed E-state index contributed by atoms with van der Waals surface area (Å²) in [6.07, 6.45) is 0. The molecule has 1 rings (SSSR count). The van der Waals surface area contributed by atoms with Crippen molar-refractivity contribution in [2.45, 2.75) is 24.0 Å². The molecule has 1 aromatic carbocycles. The van der Waals surface area contributed by atoms with E-state index in [9.17, 15) is 4.79 Å². The number of aryl methyl sites for hydroxylation is 1. The molecule has 0 aliphatic carbocycles. The molecule has 4 heteroatoms. The van der Waals surface area contributed by atoms with Gasteiger partial charge < -0.3 is 9.84 Å². The maximum Gasteiger partial charge on any atom is 0.319 e. The van der Waals surface area contributed by atoms with Gasteiger partial charge in [-0.2, -0.15) is 0 Å². The molecule has 0 spiro atoms. The molecule has 3 nitrogen and oxygen atoms in total. The number of rotatable bonds is 5. The van der Waals surface area contributed by atoms with Gasteiger partial charge in [-0.1, -0.05) is 17.7 Å². The lowest BCUT2D eigenvalue weighted by molar-refractivity contribution is -0.143. The molecule has 1 unspecified atom stereocenters. The Hall–Kier alpha value is -1.00. The van der Waals surface area contributed by atoms with Crippen LogP contribution in [0.3, 0.4) is 0 Å². The summed E-state index contributed by atoms with van der Waals surface area (Å²) in [5.74, 6) is -0.292. The van der Waals surface area contributed by atoms with Crippen molar-refractivity contribution < 1.29 is 14.6 Å². The summed E-state index contributed by atoms with van der Waals surface area (Å²) in [6, 6.07) is 7.98. The summed E-state index contributed by atoms with van der Waals surface area (Å²) >= 11 is 1.45. The highest BCUT2D eigenvalue weighted by Gasteiger charge is 2.15. The number of aliphatic hydroxyl groups excluding tert-OH is 1. The van der Waals surface area contributed by atoms with E-state index in [0.717, 1.165) is 4.90 Å². The second-order valence-electron chi connectivity index (χ2n) is 3.46. The number of carbonyl (C=O) groups excluding carboxylic acids is 1. The van der Waals surface area contributed by atoms with Gasteiger partial charge in [-0.05, 0) is 26.0 Å². The monoisotopic (exact) mass is 240 g/mol. The fraction of sp³-hybridized carbons (Fsp3) is 0.417. The third-order valence-electron chi connectivity index (χ3n) is 2.00. The van der Waals surface area contributed by atoms with Gasteiger partial charge in [0.2, 0.25) is 0 Å². The first kappa shape index (κ1) is 13.1. The molecule has 16 heavy (non-hydrogen) atoms. The van der Waals surface area contributed by atoms with Crippen LogP contribution in [0.5, 0.6) is 0 Å². The molecule has 1 N–H and O–H groups in total. The Morgan fingerprint density at radius 3 is 2.62 bits per heavy atom. The fourth-order valence-electron chi connectivity index (χ4n) is 1.13. The third kappa shape index (κ3) is 4.24. The average Bonchev–Trinajstić information content (AvgIpc) is 2.29. The summed E-state index contributed by atoms with van der Waals surface area (Å²) in [5.41, 5.74) is 1.19. The predicted molar refractivity (Wildman–Crippen MR) is 64.5 cm³/mol. The molecule has 0 fully saturated rings. The van der Waals surface area contributed by atoms with Gasteiger partial charge in [-0.25, -0.2) is 0 Å². The minimum atomic E-state index is -0.292. The fourth-order valence-corrected chi connectivity index (χ4v) is 2.00. The highest BCUT2D eigenvalue weighted by atomic mass is 32.2. The molecule has 1 atom stereocenters. The van der Waals surface area contributed by atoms with Gasteiger partial charge in [0.15, 0.2) is 0 Å². The Morgan fingerprint density at radius 1 is 1.44 bits per heavy atom. The SMILES string of the molecule is Cc1ccc(SC(C)C(=O)OCCO)cc1. The number of thioether (sulfide) groups is 1. The molecule has 0 bridgehead atoms. The molecule has 0 aliphatic heterocycles.